The maximum Gasteiger partial charge on any atom is 0.267 e. The molecule has 0 bridgehead atoms. The van der Waals surface area contributed by atoms with Crippen molar-refractivity contribution in [1.82, 2.24) is 19.4 Å². The number of primary amides is 1. The Balaban J connectivity index is 1.92. The van der Waals surface area contributed by atoms with Crippen molar-refractivity contribution < 1.29 is 9.18 Å². The summed E-state index contributed by atoms with van der Waals surface area (Å²) in [7, 11) is 0. The van der Waals surface area contributed by atoms with Crippen molar-refractivity contribution in [3.05, 3.63) is 72.7 Å². The molecule has 4 heterocycles. The number of amides is 1. The number of carbonyl (C=O) groups excluding carboxylic acids is 1. The number of halogens is 1. The quantitative estimate of drug-likeness (QED) is 0.584. The number of aromatic nitrogens is 4. The standard InChI is InChI=1S/C18H12FN5O/c19-15-5-1-4-13(23-15)17-12(3-2-8-21-17)11-6-7-16-22-9-14(18(20)25)24(16)10-11/h1-10H,(H2,20,25). The monoisotopic (exact) mass is 333 g/mol. The molecule has 4 rings (SSSR count). The lowest BCUT2D eigenvalue weighted by Gasteiger charge is -2.09. The highest BCUT2D eigenvalue weighted by atomic mass is 19.1. The molecule has 0 aromatic carbocycles. The Morgan fingerprint density at radius 3 is 2.76 bits per heavy atom. The average molecular weight is 333 g/mol. The first kappa shape index (κ1) is 14.9. The van der Waals surface area contributed by atoms with Crippen LogP contribution in [-0.4, -0.2) is 25.3 Å². The molecule has 0 aliphatic heterocycles. The van der Waals surface area contributed by atoms with Crippen LogP contribution in [0.1, 0.15) is 10.5 Å². The zero-order chi connectivity index (χ0) is 17.4. The van der Waals surface area contributed by atoms with Crippen LogP contribution in [0.3, 0.4) is 0 Å². The van der Waals surface area contributed by atoms with Crippen molar-refractivity contribution in [2.24, 2.45) is 5.73 Å². The van der Waals surface area contributed by atoms with E-state index in [0.29, 0.717) is 17.0 Å². The Morgan fingerprint density at radius 1 is 1.08 bits per heavy atom. The van der Waals surface area contributed by atoms with Crippen LogP contribution >= 0.6 is 0 Å². The molecule has 0 aliphatic carbocycles. The van der Waals surface area contributed by atoms with Crippen LogP contribution in [0.2, 0.25) is 0 Å². The molecule has 0 spiro atoms. The zero-order valence-corrected chi connectivity index (χ0v) is 12.9. The van der Waals surface area contributed by atoms with Gasteiger partial charge in [0, 0.05) is 23.5 Å². The normalized spacial score (nSPS) is 10.9. The second-order valence-electron chi connectivity index (χ2n) is 5.40. The molecule has 6 nitrogen and oxygen atoms in total. The molecular formula is C18H12FN5O. The number of pyridine rings is 3. The number of imidazole rings is 1. The Bertz CT molecular complexity index is 1110. The van der Waals surface area contributed by atoms with Crippen LogP contribution in [0.5, 0.6) is 0 Å². The second-order valence-corrected chi connectivity index (χ2v) is 5.40. The third-order valence-electron chi connectivity index (χ3n) is 3.83. The number of hydrogen-bond acceptors (Lipinski definition) is 4. The van der Waals surface area contributed by atoms with E-state index >= 15 is 0 Å². The zero-order valence-electron chi connectivity index (χ0n) is 12.9. The Kier molecular flexibility index (Phi) is 3.46. The summed E-state index contributed by atoms with van der Waals surface area (Å²) in [5, 5.41) is 0. The summed E-state index contributed by atoms with van der Waals surface area (Å²) in [6.45, 7) is 0. The van der Waals surface area contributed by atoms with Gasteiger partial charge in [-0.15, -0.1) is 0 Å². The first-order valence-corrected chi connectivity index (χ1v) is 7.49. The maximum absolute atomic E-state index is 13.5. The van der Waals surface area contributed by atoms with E-state index in [2.05, 4.69) is 15.0 Å². The van der Waals surface area contributed by atoms with Crippen molar-refractivity contribution in [1.29, 1.82) is 0 Å². The lowest BCUT2D eigenvalue weighted by molar-refractivity contribution is 0.0995. The number of nitrogens with two attached hydrogens (primary N) is 1. The lowest BCUT2D eigenvalue weighted by Crippen LogP contribution is -2.13. The number of fused-ring (bicyclic) bond motifs is 1. The molecule has 7 heteroatoms. The molecule has 0 aliphatic rings. The van der Waals surface area contributed by atoms with Crippen molar-refractivity contribution in [2.45, 2.75) is 0 Å². The molecule has 2 N–H and O–H groups in total. The predicted molar refractivity (Wildman–Crippen MR) is 90.1 cm³/mol. The van der Waals surface area contributed by atoms with E-state index in [1.165, 1.54) is 12.3 Å². The molecule has 0 radical (unpaired) electrons. The molecule has 4 aromatic rings. The lowest BCUT2D eigenvalue weighted by atomic mass is 10.0. The molecule has 1 amide bonds. The number of nitrogens with zero attached hydrogens (tertiary/aromatic N) is 4. The van der Waals surface area contributed by atoms with Crippen LogP contribution in [-0.2, 0) is 0 Å². The van der Waals surface area contributed by atoms with Gasteiger partial charge in [-0.05, 0) is 30.3 Å². The third-order valence-corrected chi connectivity index (χ3v) is 3.83. The molecule has 0 unspecified atom stereocenters. The maximum atomic E-state index is 13.5. The van der Waals surface area contributed by atoms with E-state index in [0.717, 1.165) is 11.1 Å². The molecule has 0 fully saturated rings. The molecule has 0 saturated heterocycles. The van der Waals surface area contributed by atoms with E-state index in [1.807, 2.05) is 12.1 Å². The van der Waals surface area contributed by atoms with Gasteiger partial charge in [0.1, 0.15) is 11.3 Å². The van der Waals surface area contributed by atoms with Gasteiger partial charge in [-0.2, -0.15) is 4.39 Å². The first-order chi connectivity index (χ1) is 12.1. The summed E-state index contributed by atoms with van der Waals surface area (Å²) in [5.74, 6) is -1.14. The highest BCUT2D eigenvalue weighted by Gasteiger charge is 2.13. The fraction of sp³-hybridized carbons (Fsp3) is 0. The smallest absolute Gasteiger partial charge is 0.267 e. The first-order valence-electron chi connectivity index (χ1n) is 7.49. The third kappa shape index (κ3) is 2.61. The van der Waals surface area contributed by atoms with E-state index in [1.54, 1.807) is 41.1 Å². The van der Waals surface area contributed by atoms with Crippen molar-refractivity contribution in [3.63, 3.8) is 0 Å². The summed E-state index contributed by atoms with van der Waals surface area (Å²) < 4.78 is 15.1. The van der Waals surface area contributed by atoms with Crippen LogP contribution in [0, 0.1) is 5.95 Å². The SMILES string of the molecule is NC(=O)c1cnc2ccc(-c3cccnc3-c3cccc(F)n3)cn12. The van der Waals surface area contributed by atoms with E-state index < -0.39 is 11.9 Å². The Morgan fingerprint density at radius 2 is 1.96 bits per heavy atom. The fourth-order valence-corrected chi connectivity index (χ4v) is 2.70. The van der Waals surface area contributed by atoms with Crippen molar-refractivity contribution in [2.75, 3.05) is 0 Å². The number of rotatable bonds is 3. The van der Waals surface area contributed by atoms with Gasteiger partial charge in [-0.25, -0.2) is 9.97 Å². The van der Waals surface area contributed by atoms with Gasteiger partial charge < -0.3 is 5.73 Å². The van der Waals surface area contributed by atoms with Crippen LogP contribution < -0.4 is 5.73 Å². The molecule has 0 saturated carbocycles. The number of hydrogen-bond donors (Lipinski definition) is 1. The summed E-state index contributed by atoms with van der Waals surface area (Å²) in [6.07, 6.45) is 4.80. The Hall–Kier alpha value is -3.61. The minimum absolute atomic E-state index is 0.283. The number of carbonyl (C=O) groups is 1. The van der Waals surface area contributed by atoms with Crippen LogP contribution in [0.4, 0.5) is 4.39 Å². The van der Waals surface area contributed by atoms with Gasteiger partial charge in [-0.3, -0.25) is 14.2 Å². The highest BCUT2D eigenvalue weighted by Crippen LogP contribution is 2.29. The van der Waals surface area contributed by atoms with E-state index in [9.17, 15) is 9.18 Å². The molecule has 122 valence electrons. The van der Waals surface area contributed by atoms with Gasteiger partial charge in [0.15, 0.2) is 0 Å². The van der Waals surface area contributed by atoms with Crippen LogP contribution in [0.15, 0.2) is 61.1 Å². The largest absolute Gasteiger partial charge is 0.364 e. The molecule has 25 heavy (non-hydrogen) atoms. The predicted octanol–water partition coefficient (Wildman–Crippen LogP) is 2.70. The van der Waals surface area contributed by atoms with Crippen molar-refractivity contribution >= 4 is 11.6 Å². The van der Waals surface area contributed by atoms with Gasteiger partial charge in [0.05, 0.1) is 17.6 Å². The van der Waals surface area contributed by atoms with E-state index in [4.69, 9.17) is 5.73 Å². The summed E-state index contributed by atoms with van der Waals surface area (Å²) in [5.41, 5.74) is 8.78. The summed E-state index contributed by atoms with van der Waals surface area (Å²) >= 11 is 0. The Labute approximate surface area is 141 Å². The topological polar surface area (TPSA) is 86.2 Å². The van der Waals surface area contributed by atoms with Gasteiger partial charge in [-0.1, -0.05) is 12.1 Å². The van der Waals surface area contributed by atoms with Gasteiger partial charge in [0.25, 0.3) is 5.91 Å². The van der Waals surface area contributed by atoms with Gasteiger partial charge in [0.2, 0.25) is 5.95 Å². The molecule has 0 atom stereocenters. The molecular weight excluding hydrogens is 321 g/mol. The van der Waals surface area contributed by atoms with E-state index in [-0.39, 0.29) is 5.69 Å². The highest BCUT2D eigenvalue weighted by molar-refractivity contribution is 5.92. The average Bonchev–Trinajstić information content (AvgIpc) is 3.05. The van der Waals surface area contributed by atoms with Gasteiger partial charge >= 0.3 is 0 Å². The minimum Gasteiger partial charge on any atom is -0.364 e. The minimum atomic E-state index is -0.574. The molecule has 4 aromatic heterocycles. The fourth-order valence-electron chi connectivity index (χ4n) is 2.70. The summed E-state index contributed by atoms with van der Waals surface area (Å²) in [6, 6.07) is 11.8. The van der Waals surface area contributed by atoms with Crippen LogP contribution in [0.25, 0.3) is 28.2 Å². The summed E-state index contributed by atoms with van der Waals surface area (Å²) in [4.78, 5) is 23.9. The second kappa shape index (κ2) is 5.79. The van der Waals surface area contributed by atoms with Crippen molar-refractivity contribution in [3.8, 4) is 22.5 Å².